The predicted molar refractivity (Wildman–Crippen MR) is 57.2 cm³/mol. The van der Waals surface area contributed by atoms with E-state index in [1.54, 1.807) is 0 Å². The maximum atomic E-state index is 11.3. The van der Waals surface area contributed by atoms with Crippen LogP contribution in [-0.4, -0.2) is 30.3 Å². The second-order valence-electron chi connectivity index (χ2n) is 5.03. The highest BCUT2D eigenvalue weighted by molar-refractivity contribution is 5.79. The van der Waals surface area contributed by atoms with Crippen LogP contribution in [0.25, 0.3) is 0 Å². The van der Waals surface area contributed by atoms with Crippen LogP contribution in [0.3, 0.4) is 0 Å². The van der Waals surface area contributed by atoms with Crippen molar-refractivity contribution < 1.29 is 4.79 Å². The molecule has 0 aromatic carbocycles. The largest absolute Gasteiger partial charge is 0.303 e. The van der Waals surface area contributed by atoms with Gasteiger partial charge < -0.3 is 4.90 Å². The van der Waals surface area contributed by atoms with Crippen molar-refractivity contribution in [2.24, 2.45) is 5.92 Å². The van der Waals surface area contributed by atoms with E-state index in [2.05, 4.69) is 11.9 Å². The molecule has 0 aromatic rings. The van der Waals surface area contributed by atoms with Gasteiger partial charge in [0.25, 0.3) is 0 Å². The molecule has 80 valence electrons. The van der Waals surface area contributed by atoms with Crippen LogP contribution in [0.15, 0.2) is 0 Å². The van der Waals surface area contributed by atoms with E-state index in [1.165, 1.54) is 32.2 Å². The zero-order chi connectivity index (χ0) is 9.97. The molecule has 2 rings (SSSR count). The Morgan fingerprint density at radius 1 is 1.29 bits per heavy atom. The zero-order valence-corrected chi connectivity index (χ0v) is 9.17. The van der Waals surface area contributed by atoms with E-state index >= 15 is 0 Å². The van der Waals surface area contributed by atoms with E-state index in [0.29, 0.717) is 11.8 Å². The molecule has 2 aliphatic carbocycles. The van der Waals surface area contributed by atoms with Crippen molar-refractivity contribution in [1.29, 1.82) is 0 Å². The van der Waals surface area contributed by atoms with Crippen LogP contribution in [0.5, 0.6) is 0 Å². The summed E-state index contributed by atoms with van der Waals surface area (Å²) in [6.45, 7) is 1.22. The third-order valence-electron chi connectivity index (χ3n) is 3.85. The van der Waals surface area contributed by atoms with Crippen molar-refractivity contribution in [3.63, 3.8) is 0 Å². The molecule has 2 nitrogen and oxygen atoms in total. The molecule has 2 aliphatic rings. The molecule has 0 radical (unpaired) electrons. The molecule has 1 atom stereocenters. The van der Waals surface area contributed by atoms with Crippen molar-refractivity contribution in [2.45, 2.75) is 51.0 Å². The summed E-state index contributed by atoms with van der Waals surface area (Å²) in [5.41, 5.74) is 0. The van der Waals surface area contributed by atoms with Gasteiger partial charge in [-0.3, -0.25) is 4.79 Å². The van der Waals surface area contributed by atoms with Gasteiger partial charge >= 0.3 is 0 Å². The van der Waals surface area contributed by atoms with E-state index in [-0.39, 0.29) is 0 Å². The van der Waals surface area contributed by atoms with Crippen LogP contribution in [0, 0.1) is 5.92 Å². The fourth-order valence-corrected chi connectivity index (χ4v) is 2.61. The van der Waals surface area contributed by atoms with Gasteiger partial charge in [-0.2, -0.15) is 0 Å². The predicted octanol–water partition coefficient (Wildman–Crippen LogP) is 2.23. The minimum Gasteiger partial charge on any atom is -0.303 e. The van der Waals surface area contributed by atoms with E-state index in [0.717, 1.165) is 25.2 Å². The van der Waals surface area contributed by atoms with Crippen LogP contribution in [0.4, 0.5) is 0 Å². The molecule has 14 heavy (non-hydrogen) atoms. The molecule has 1 unspecified atom stereocenters. The molecule has 2 fully saturated rings. The number of hydrogen-bond donors (Lipinski definition) is 0. The van der Waals surface area contributed by atoms with Crippen LogP contribution < -0.4 is 0 Å². The Morgan fingerprint density at radius 3 is 2.64 bits per heavy atom. The third kappa shape index (κ3) is 2.35. The smallest absolute Gasteiger partial charge is 0.134 e. The average molecular weight is 195 g/mol. The second kappa shape index (κ2) is 4.43. The van der Waals surface area contributed by atoms with Crippen molar-refractivity contribution in [3.8, 4) is 0 Å². The fraction of sp³-hybridized carbons (Fsp3) is 0.917. The normalized spacial score (nSPS) is 29.3. The Balaban J connectivity index is 1.77. The van der Waals surface area contributed by atoms with Gasteiger partial charge in [-0.15, -0.1) is 0 Å². The van der Waals surface area contributed by atoms with Gasteiger partial charge in [-0.25, -0.2) is 0 Å². The Morgan fingerprint density at radius 2 is 2.07 bits per heavy atom. The Hall–Kier alpha value is -0.370. The first-order valence-electron chi connectivity index (χ1n) is 5.97. The lowest BCUT2D eigenvalue weighted by Crippen LogP contribution is -2.40. The lowest BCUT2D eigenvalue weighted by molar-refractivity contribution is -0.122. The molecule has 0 aromatic heterocycles. The number of nitrogens with zero attached hydrogens (tertiary/aromatic N) is 1. The summed E-state index contributed by atoms with van der Waals surface area (Å²) < 4.78 is 0. The molecular weight excluding hydrogens is 174 g/mol. The number of Topliss-reactive ketones (excluding diaryl/α,β-unsaturated/α-hetero) is 1. The maximum absolute atomic E-state index is 11.3. The number of carbonyl (C=O) groups excluding carboxylic acids is 1. The molecule has 0 amide bonds. The summed E-state index contributed by atoms with van der Waals surface area (Å²) >= 11 is 0. The highest BCUT2D eigenvalue weighted by Crippen LogP contribution is 2.29. The summed E-state index contributed by atoms with van der Waals surface area (Å²) in [6.07, 6.45) is 8.21. The van der Waals surface area contributed by atoms with Crippen molar-refractivity contribution in [2.75, 3.05) is 13.6 Å². The van der Waals surface area contributed by atoms with Crippen LogP contribution in [0.1, 0.15) is 44.9 Å². The molecule has 0 heterocycles. The summed E-state index contributed by atoms with van der Waals surface area (Å²) in [5, 5.41) is 0. The number of ketones is 1. The first kappa shape index (κ1) is 10.2. The maximum Gasteiger partial charge on any atom is 0.134 e. The first-order chi connectivity index (χ1) is 6.75. The van der Waals surface area contributed by atoms with Gasteiger partial charge in [0.1, 0.15) is 5.78 Å². The summed E-state index contributed by atoms with van der Waals surface area (Å²) in [7, 11) is 2.20. The minimum absolute atomic E-state index is 0.474. The highest BCUT2D eigenvalue weighted by Gasteiger charge is 2.26. The monoisotopic (exact) mass is 195 g/mol. The van der Waals surface area contributed by atoms with E-state index in [4.69, 9.17) is 0 Å². The molecule has 2 saturated carbocycles. The molecule has 0 spiro atoms. The van der Waals surface area contributed by atoms with Gasteiger partial charge in [0.05, 0.1) is 0 Å². The third-order valence-corrected chi connectivity index (χ3v) is 3.85. The van der Waals surface area contributed by atoms with Gasteiger partial charge in [0.2, 0.25) is 0 Å². The second-order valence-corrected chi connectivity index (χ2v) is 5.03. The lowest BCUT2D eigenvalue weighted by atomic mass is 9.84. The minimum atomic E-state index is 0.474. The Bertz CT molecular complexity index is 210. The quantitative estimate of drug-likeness (QED) is 0.688. The van der Waals surface area contributed by atoms with Crippen LogP contribution in [0.2, 0.25) is 0 Å². The van der Waals surface area contributed by atoms with Gasteiger partial charge in [0, 0.05) is 25.4 Å². The fourth-order valence-electron chi connectivity index (χ4n) is 2.61. The summed E-state index contributed by atoms with van der Waals surface area (Å²) in [4.78, 5) is 13.8. The average Bonchev–Trinajstić information content (AvgIpc) is 2.11. The Labute approximate surface area is 86.7 Å². The first-order valence-corrected chi connectivity index (χ1v) is 5.97. The van der Waals surface area contributed by atoms with Crippen molar-refractivity contribution >= 4 is 5.78 Å². The van der Waals surface area contributed by atoms with Crippen LogP contribution >= 0.6 is 0 Å². The highest BCUT2D eigenvalue weighted by atomic mass is 16.1. The zero-order valence-electron chi connectivity index (χ0n) is 9.17. The number of rotatable bonds is 3. The SMILES string of the molecule is CN(CC1CCC1)C1CCCC(=O)C1. The molecular formula is C12H21NO. The topological polar surface area (TPSA) is 20.3 Å². The van der Waals surface area contributed by atoms with E-state index in [1.807, 2.05) is 0 Å². The van der Waals surface area contributed by atoms with Gasteiger partial charge in [-0.1, -0.05) is 6.42 Å². The van der Waals surface area contributed by atoms with Crippen molar-refractivity contribution in [3.05, 3.63) is 0 Å². The standard InChI is InChI=1S/C12H21NO/c1-13(9-10-4-2-5-10)11-6-3-7-12(14)8-11/h10-11H,2-9H2,1H3. The van der Waals surface area contributed by atoms with Gasteiger partial charge in [0.15, 0.2) is 0 Å². The molecule has 0 aliphatic heterocycles. The number of carbonyl (C=O) groups is 1. The van der Waals surface area contributed by atoms with E-state index in [9.17, 15) is 4.79 Å². The van der Waals surface area contributed by atoms with Crippen molar-refractivity contribution in [1.82, 2.24) is 4.90 Å². The van der Waals surface area contributed by atoms with E-state index < -0.39 is 0 Å². The molecule has 2 heteroatoms. The van der Waals surface area contributed by atoms with Crippen LogP contribution in [-0.2, 0) is 4.79 Å². The molecule has 0 N–H and O–H groups in total. The number of hydrogen-bond acceptors (Lipinski definition) is 2. The molecule has 0 saturated heterocycles. The summed E-state index contributed by atoms with van der Waals surface area (Å²) in [6, 6.07) is 0.553. The lowest BCUT2D eigenvalue weighted by Gasteiger charge is -2.36. The van der Waals surface area contributed by atoms with Gasteiger partial charge in [-0.05, 0) is 38.6 Å². The Kier molecular flexibility index (Phi) is 3.22. The molecule has 0 bridgehead atoms. The summed E-state index contributed by atoms with van der Waals surface area (Å²) in [5.74, 6) is 1.40.